The van der Waals surface area contributed by atoms with Crippen LogP contribution in [0.1, 0.15) is 36.5 Å². The molecule has 2 aliphatic rings. The summed E-state index contributed by atoms with van der Waals surface area (Å²) in [5.41, 5.74) is 0.452. The maximum Gasteiger partial charge on any atom is 0.255 e. The molecule has 0 bridgehead atoms. The molecule has 0 aliphatic carbocycles. The average Bonchev–Trinajstić information content (AvgIpc) is 2.48. The highest BCUT2D eigenvalue weighted by atomic mass is 35.5. The van der Waals surface area contributed by atoms with E-state index in [2.05, 4.69) is 16.8 Å². The van der Waals surface area contributed by atoms with Crippen molar-refractivity contribution < 1.29 is 4.79 Å². The number of halogens is 2. The Kier molecular flexibility index (Phi) is 4.38. The van der Waals surface area contributed by atoms with Crippen molar-refractivity contribution in [3.63, 3.8) is 0 Å². The minimum Gasteiger partial charge on any atom is -0.333 e. The molecule has 2 atom stereocenters. The number of rotatable bonds is 1. The van der Waals surface area contributed by atoms with Gasteiger partial charge < -0.3 is 4.90 Å². The molecule has 1 amide bonds. The monoisotopic (exact) mass is 327 g/mol. The van der Waals surface area contributed by atoms with Gasteiger partial charge in [0.1, 0.15) is 5.15 Å². The number of hydrogen-bond donors (Lipinski definition) is 0. The molecule has 0 radical (unpaired) electrons. The smallest absolute Gasteiger partial charge is 0.255 e. The molecular formula is C15H19Cl2N3O. The van der Waals surface area contributed by atoms with Crippen LogP contribution in [0.15, 0.2) is 12.3 Å². The lowest BCUT2D eigenvalue weighted by Gasteiger charge is -2.47. The van der Waals surface area contributed by atoms with E-state index in [1.165, 1.54) is 25.5 Å². The Morgan fingerprint density at radius 3 is 2.95 bits per heavy atom. The summed E-state index contributed by atoms with van der Waals surface area (Å²) in [5.74, 6) is -0.0398. The number of carbonyl (C=O) groups excluding carboxylic acids is 1. The summed E-state index contributed by atoms with van der Waals surface area (Å²) >= 11 is 12.0. The van der Waals surface area contributed by atoms with Crippen molar-refractivity contribution in [2.75, 3.05) is 19.6 Å². The van der Waals surface area contributed by atoms with Crippen molar-refractivity contribution in [3.8, 4) is 0 Å². The van der Waals surface area contributed by atoms with Crippen molar-refractivity contribution in [1.82, 2.24) is 14.8 Å². The zero-order valence-electron chi connectivity index (χ0n) is 12.1. The van der Waals surface area contributed by atoms with Gasteiger partial charge in [0.15, 0.2) is 0 Å². The Hall–Kier alpha value is -0.840. The molecule has 0 spiro atoms. The Morgan fingerprint density at radius 1 is 1.33 bits per heavy atom. The summed E-state index contributed by atoms with van der Waals surface area (Å²) in [4.78, 5) is 21.1. The molecule has 0 aromatic carbocycles. The first kappa shape index (κ1) is 15.1. The molecule has 4 nitrogen and oxygen atoms in total. The molecule has 1 aromatic rings. The fraction of sp³-hybridized carbons (Fsp3) is 0.600. The third-order valence-corrected chi connectivity index (χ3v) is 5.01. The predicted octanol–water partition coefficient (Wildman–Crippen LogP) is 3.09. The first-order valence-corrected chi connectivity index (χ1v) is 8.18. The second-order valence-corrected chi connectivity index (χ2v) is 6.73. The second kappa shape index (κ2) is 6.11. The lowest BCUT2D eigenvalue weighted by Crippen LogP contribution is -2.60. The number of hydrogen-bond acceptors (Lipinski definition) is 3. The van der Waals surface area contributed by atoms with Crippen molar-refractivity contribution in [2.24, 2.45) is 0 Å². The number of pyridine rings is 1. The number of amides is 1. The SMILES string of the molecule is CC1CN2CCCCC2CN1C(=O)c1cc(Cl)ncc1Cl. The van der Waals surface area contributed by atoms with Crippen molar-refractivity contribution >= 4 is 29.1 Å². The van der Waals surface area contributed by atoms with Gasteiger partial charge in [-0.3, -0.25) is 9.69 Å². The fourth-order valence-corrected chi connectivity index (χ4v) is 3.71. The first-order valence-electron chi connectivity index (χ1n) is 7.42. The van der Waals surface area contributed by atoms with Gasteiger partial charge in [-0.05, 0) is 32.4 Å². The van der Waals surface area contributed by atoms with E-state index >= 15 is 0 Å². The van der Waals surface area contributed by atoms with E-state index in [1.807, 2.05) is 4.90 Å². The molecule has 1 aromatic heterocycles. The van der Waals surface area contributed by atoms with E-state index in [1.54, 1.807) is 6.07 Å². The molecule has 114 valence electrons. The Morgan fingerprint density at radius 2 is 2.14 bits per heavy atom. The van der Waals surface area contributed by atoms with Gasteiger partial charge in [-0.1, -0.05) is 29.6 Å². The van der Waals surface area contributed by atoms with Gasteiger partial charge in [0.05, 0.1) is 10.6 Å². The zero-order chi connectivity index (χ0) is 15.0. The molecule has 2 saturated heterocycles. The number of piperazine rings is 1. The summed E-state index contributed by atoms with van der Waals surface area (Å²) in [6, 6.07) is 2.23. The van der Waals surface area contributed by atoms with Gasteiger partial charge >= 0.3 is 0 Å². The maximum atomic E-state index is 12.8. The first-order chi connectivity index (χ1) is 10.1. The summed E-state index contributed by atoms with van der Waals surface area (Å²) in [5, 5.41) is 0.661. The van der Waals surface area contributed by atoms with Crippen LogP contribution >= 0.6 is 23.2 Å². The standard InChI is InChI=1S/C15H19Cl2N3O/c1-10-8-19-5-3-2-4-11(19)9-20(10)15(21)12-6-14(17)18-7-13(12)16/h6-7,10-11H,2-5,8-9H2,1H3. The largest absolute Gasteiger partial charge is 0.333 e. The van der Waals surface area contributed by atoms with Gasteiger partial charge in [0.25, 0.3) is 5.91 Å². The summed E-state index contributed by atoms with van der Waals surface area (Å²) in [7, 11) is 0. The molecule has 21 heavy (non-hydrogen) atoms. The number of fused-ring (bicyclic) bond motifs is 1. The molecular weight excluding hydrogens is 309 g/mol. The van der Waals surface area contributed by atoms with E-state index in [9.17, 15) is 4.79 Å². The van der Waals surface area contributed by atoms with Gasteiger partial charge in [0.2, 0.25) is 0 Å². The van der Waals surface area contributed by atoms with Crippen LogP contribution < -0.4 is 0 Å². The normalized spacial score (nSPS) is 26.5. The molecule has 2 fully saturated rings. The molecule has 0 N–H and O–H groups in total. The van der Waals surface area contributed by atoms with Crippen LogP contribution in [0.2, 0.25) is 10.2 Å². The molecule has 3 heterocycles. The molecule has 2 unspecified atom stereocenters. The van der Waals surface area contributed by atoms with E-state index in [4.69, 9.17) is 23.2 Å². The van der Waals surface area contributed by atoms with Crippen LogP contribution in [-0.4, -0.2) is 52.4 Å². The fourth-order valence-electron chi connectivity index (χ4n) is 3.37. The minimum absolute atomic E-state index is 0.0398. The van der Waals surface area contributed by atoms with Crippen LogP contribution in [0.3, 0.4) is 0 Å². The Labute approximate surface area is 135 Å². The molecule has 0 saturated carbocycles. The lowest BCUT2D eigenvalue weighted by molar-refractivity contribution is 0.0152. The van der Waals surface area contributed by atoms with E-state index in [-0.39, 0.29) is 11.9 Å². The molecule has 3 rings (SSSR count). The average molecular weight is 328 g/mol. The summed E-state index contributed by atoms with van der Waals surface area (Å²) < 4.78 is 0. The number of aromatic nitrogens is 1. The van der Waals surface area contributed by atoms with Gasteiger partial charge in [-0.15, -0.1) is 0 Å². The number of nitrogens with zero attached hydrogens (tertiary/aromatic N) is 3. The summed E-state index contributed by atoms with van der Waals surface area (Å²) in [6.45, 7) is 4.96. The molecule has 2 aliphatic heterocycles. The van der Waals surface area contributed by atoms with Crippen LogP contribution in [-0.2, 0) is 0 Å². The second-order valence-electron chi connectivity index (χ2n) is 5.94. The van der Waals surface area contributed by atoms with Crippen molar-refractivity contribution in [2.45, 2.75) is 38.3 Å². The van der Waals surface area contributed by atoms with Gasteiger partial charge in [-0.25, -0.2) is 4.98 Å². The number of piperidine rings is 1. The predicted molar refractivity (Wildman–Crippen MR) is 84.0 cm³/mol. The van der Waals surface area contributed by atoms with E-state index in [0.717, 1.165) is 19.6 Å². The minimum atomic E-state index is -0.0398. The highest BCUT2D eigenvalue weighted by molar-refractivity contribution is 6.35. The Balaban J connectivity index is 1.82. The third kappa shape index (κ3) is 3.03. The van der Waals surface area contributed by atoms with E-state index in [0.29, 0.717) is 21.8 Å². The highest BCUT2D eigenvalue weighted by Gasteiger charge is 2.36. The quantitative estimate of drug-likeness (QED) is 0.744. The van der Waals surface area contributed by atoms with Crippen LogP contribution in [0.4, 0.5) is 0 Å². The highest BCUT2D eigenvalue weighted by Crippen LogP contribution is 2.27. The van der Waals surface area contributed by atoms with Gasteiger partial charge in [0, 0.05) is 31.4 Å². The van der Waals surface area contributed by atoms with E-state index < -0.39 is 0 Å². The lowest BCUT2D eigenvalue weighted by atomic mass is 9.96. The van der Waals surface area contributed by atoms with Crippen molar-refractivity contribution in [3.05, 3.63) is 28.0 Å². The topological polar surface area (TPSA) is 36.4 Å². The maximum absolute atomic E-state index is 12.8. The van der Waals surface area contributed by atoms with Crippen LogP contribution in [0, 0.1) is 0 Å². The van der Waals surface area contributed by atoms with Crippen LogP contribution in [0.25, 0.3) is 0 Å². The van der Waals surface area contributed by atoms with Crippen LogP contribution in [0.5, 0.6) is 0 Å². The summed E-state index contributed by atoms with van der Waals surface area (Å²) in [6.07, 6.45) is 5.13. The third-order valence-electron chi connectivity index (χ3n) is 4.50. The zero-order valence-corrected chi connectivity index (χ0v) is 13.6. The molecule has 6 heteroatoms. The Bertz CT molecular complexity index is 552. The van der Waals surface area contributed by atoms with Crippen molar-refractivity contribution in [1.29, 1.82) is 0 Å². The van der Waals surface area contributed by atoms with Gasteiger partial charge in [-0.2, -0.15) is 0 Å². The number of carbonyl (C=O) groups is 1.